The van der Waals surface area contributed by atoms with Gasteiger partial charge in [-0.1, -0.05) is 12.1 Å². The number of piperidine rings is 1. The number of carbonyl (C=O) groups is 3. The lowest BCUT2D eigenvalue weighted by Gasteiger charge is -2.38. The van der Waals surface area contributed by atoms with Crippen molar-refractivity contribution in [3.05, 3.63) is 59.7 Å². The summed E-state index contributed by atoms with van der Waals surface area (Å²) in [5, 5.41) is 7.12. The van der Waals surface area contributed by atoms with Crippen LogP contribution in [-0.4, -0.2) is 68.5 Å². The number of nitrogens with zero attached hydrogens (tertiary/aromatic N) is 4. The highest BCUT2D eigenvalue weighted by molar-refractivity contribution is 5.93. The summed E-state index contributed by atoms with van der Waals surface area (Å²) in [6.07, 6.45) is -0.968. The molecule has 0 aromatic carbocycles. The van der Waals surface area contributed by atoms with Crippen LogP contribution in [0.15, 0.2) is 42.6 Å². The molecule has 2 aromatic rings. The highest BCUT2D eigenvalue weighted by Crippen LogP contribution is 2.40. The molecule has 2 aliphatic heterocycles. The van der Waals surface area contributed by atoms with Gasteiger partial charge in [0.25, 0.3) is 5.91 Å². The fraction of sp³-hybridized carbons (Fsp3) is 0.435. The maximum atomic E-state index is 13.2. The molecule has 4 rings (SSSR count). The molecule has 2 saturated heterocycles. The minimum Gasteiger partial charge on any atom is -0.475 e. The number of likely N-dealkylation sites (tertiary alicyclic amines) is 2. The number of halogens is 3. The maximum Gasteiger partial charge on any atom is 0.490 e. The summed E-state index contributed by atoms with van der Waals surface area (Å²) in [4.78, 5) is 47.3. The van der Waals surface area contributed by atoms with Crippen molar-refractivity contribution in [1.29, 1.82) is 0 Å². The zero-order valence-corrected chi connectivity index (χ0v) is 18.6. The molecular weight excluding hydrogens is 453 g/mol. The zero-order chi connectivity index (χ0) is 24.9. The summed E-state index contributed by atoms with van der Waals surface area (Å²) in [5.74, 6) is -2.68. The van der Waals surface area contributed by atoms with Gasteiger partial charge in [-0.3, -0.25) is 19.6 Å². The van der Waals surface area contributed by atoms with Crippen LogP contribution in [0.4, 0.5) is 13.2 Å². The Morgan fingerprint density at radius 2 is 1.85 bits per heavy atom. The van der Waals surface area contributed by atoms with Gasteiger partial charge < -0.3 is 14.9 Å². The number of hydrogen-bond acceptors (Lipinski definition) is 5. The highest BCUT2D eigenvalue weighted by atomic mass is 19.4. The van der Waals surface area contributed by atoms with E-state index in [2.05, 4.69) is 9.97 Å². The van der Waals surface area contributed by atoms with Crippen LogP contribution in [0.2, 0.25) is 0 Å². The van der Waals surface area contributed by atoms with Crippen molar-refractivity contribution in [2.75, 3.05) is 19.6 Å². The highest BCUT2D eigenvalue weighted by Gasteiger charge is 2.49. The molecule has 1 spiro atoms. The van der Waals surface area contributed by atoms with Gasteiger partial charge in [0.05, 0.1) is 17.7 Å². The van der Waals surface area contributed by atoms with Crippen LogP contribution in [0.1, 0.15) is 41.1 Å². The Morgan fingerprint density at radius 3 is 2.47 bits per heavy atom. The van der Waals surface area contributed by atoms with Crippen molar-refractivity contribution in [3.8, 4) is 0 Å². The van der Waals surface area contributed by atoms with Crippen LogP contribution < -0.4 is 0 Å². The summed E-state index contributed by atoms with van der Waals surface area (Å²) in [6, 6.07) is 11.2. The Kier molecular flexibility index (Phi) is 7.53. The number of rotatable bonds is 3. The first-order valence-corrected chi connectivity index (χ1v) is 10.7. The van der Waals surface area contributed by atoms with Crippen molar-refractivity contribution in [2.45, 2.75) is 38.9 Å². The molecular formula is C23H25F3N4O4. The first-order chi connectivity index (χ1) is 16.0. The minimum absolute atomic E-state index is 0.0822. The number of aromatic nitrogens is 2. The molecule has 34 heavy (non-hydrogen) atoms. The monoisotopic (exact) mass is 478 g/mol. The minimum atomic E-state index is -5.08. The summed E-state index contributed by atoms with van der Waals surface area (Å²) in [6.45, 7) is 4.39. The topological polar surface area (TPSA) is 104 Å². The summed E-state index contributed by atoms with van der Waals surface area (Å²) >= 11 is 0. The van der Waals surface area contributed by atoms with Crippen LogP contribution in [-0.2, 0) is 16.1 Å². The second-order valence-corrected chi connectivity index (χ2v) is 8.38. The second-order valence-electron chi connectivity index (χ2n) is 8.38. The van der Waals surface area contributed by atoms with Crippen molar-refractivity contribution in [3.63, 3.8) is 0 Å². The maximum absolute atomic E-state index is 13.2. The van der Waals surface area contributed by atoms with E-state index in [4.69, 9.17) is 9.90 Å². The molecule has 182 valence electrons. The van der Waals surface area contributed by atoms with Crippen molar-refractivity contribution >= 4 is 17.8 Å². The lowest BCUT2D eigenvalue weighted by Crippen LogP contribution is -2.49. The van der Waals surface area contributed by atoms with Gasteiger partial charge in [0.1, 0.15) is 5.69 Å². The van der Waals surface area contributed by atoms with E-state index < -0.39 is 17.6 Å². The number of pyridine rings is 2. The molecule has 1 unspecified atom stereocenters. The number of hydrogen-bond donors (Lipinski definition) is 1. The van der Waals surface area contributed by atoms with Crippen molar-refractivity contribution in [1.82, 2.24) is 19.8 Å². The predicted molar refractivity (Wildman–Crippen MR) is 115 cm³/mol. The Hall–Kier alpha value is -3.50. The van der Waals surface area contributed by atoms with E-state index in [0.29, 0.717) is 25.3 Å². The van der Waals surface area contributed by atoms with E-state index in [1.807, 2.05) is 36.1 Å². The van der Waals surface area contributed by atoms with E-state index in [1.54, 1.807) is 23.2 Å². The molecule has 2 amide bonds. The van der Waals surface area contributed by atoms with E-state index in [9.17, 15) is 22.8 Å². The molecule has 1 N–H and O–H groups in total. The molecule has 11 heteroatoms. The first-order valence-electron chi connectivity index (χ1n) is 10.7. The largest absolute Gasteiger partial charge is 0.490 e. The number of amides is 2. The lowest BCUT2D eigenvalue weighted by atomic mass is 9.78. The van der Waals surface area contributed by atoms with Crippen LogP contribution in [0.25, 0.3) is 0 Å². The molecule has 0 radical (unpaired) electrons. The average Bonchev–Trinajstić information content (AvgIpc) is 3.08. The second kappa shape index (κ2) is 10.2. The van der Waals surface area contributed by atoms with Crippen LogP contribution in [0.3, 0.4) is 0 Å². The molecule has 8 nitrogen and oxygen atoms in total. The zero-order valence-electron chi connectivity index (χ0n) is 18.6. The van der Waals surface area contributed by atoms with Crippen molar-refractivity contribution < 1.29 is 32.7 Å². The average molecular weight is 478 g/mol. The van der Waals surface area contributed by atoms with Crippen LogP contribution >= 0.6 is 0 Å². The first kappa shape index (κ1) is 25.1. The van der Waals surface area contributed by atoms with E-state index >= 15 is 0 Å². The normalized spacial score (nSPS) is 20.2. The van der Waals surface area contributed by atoms with Gasteiger partial charge in [0.2, 0.25) is 5.91 Å². The molecule has 0 bridgehead atoms. The van der Waals surface area contributed by atoms with Gasteiger partial charge >= 0.3 is 12.1 Å². The molecule has 2 aromatic heterocycles. The summed E-state index contributed by atoms with van der Waals surface area (Å²) < 4.78 is 31.7. The molecule has 1 atom stereocenters. The standard InChI is InChI=1S/C21H24N4O2.C2HF3O2/c1-16-6-4-7-17(23-16)14-24-13-10-21(20(24)27)9-5-12-25(15-21)19(26)18-8-2-3-11-22-18;3-2(4,5)1(6)7/h2-4,6-8,11H,5,9-10,12-15H2,1H3;(H,6,7). The lowest BCUT2D eigenvalue weighted by molar-refractivity contribution is -0.192. The Bertz CT molecular complexity index is 1050. The fourth-order valence-electron chi connectivity index (χ4n) is 4.26. The van der Waals surface area contributed by atoms with Crippen LogP contribution in [0.5, 0.6) is 0 Å². The molecule has 4 heterocycles. The third-order valence-corrected chi connectivity index (χ3v) is 5.89. The van der Waals surface area contributed by atoms with E-state index in [1.165, 1.54) is 0 Å². The Morgan fingerprint density at radius 1 is 1.12 bits per heavy atom. The number of aliphatic carboxylic acids is 1. The van der Waals surface area contributed by atoms with Crippen molar-refractivity contribution in [2.24, 2.45) is 5.41 Å². The predicted octanol–water partition coefficient (Wildman–Crippen LogP) is 3.07. The SMILES string of the molecule is Cc1cccc(CN2CCC3(CCCN(C(=O)c4ccccn4)C3)C2=O)n1.O=C(O)C(F)(F)F. The number of aryl methyl sites for hydroxylation is 1. The Balaban J connectivity index is 0.000000406. The number of carboxylic acid groups (broad SMARTS) is 1. The van der Waals surface area contributed by atoms with Crippen LogP contribution in [0, 0.1) is 12.3 Å². The number of carbonyl (C=O) groups excluding carboxylic acids is 2. The van der Waals surface area contributed by atoms with E-state index in [0.717, 1.165) is 37.2 Å². The third kappa shape index (κ3) is 5.89. The smallest absolute Gasteiger partial charge is 0.475 e. The molecule has 0 aliphatic carbocycles. The van der Waals surface area contributed by atoms with Gasteiger partial charge in [-0.15, -0.1) is 0 Å². The van der Waals surface area contributed by atoms with Gasteiger partial charge in [-0.2, -0.15) is 13.2 Å². The third-order valence-electron chi connectivity index (χ3n) is 5.89. The quantitative estimate of drug-likeness (QED) is 0.727. The molecule has 0 saturated carbocycles. The number of carboxylic acids is 1. The van der Waals surface area contributed by atoms with Gasteiger partial charge in [0, 0.05) is 31.5 Å². The van der Waals surface area contributed by atoms with E-state index in [-0.39, 0.29) is 11.8 Å². The van der Waals surface area contributed by atoms with Gasteiger partial charge in [-0.05, 0) is 50.5 Å². The summed E-state index contributed by atoms with van der Waals surface area (Å²) in [7, 11) is 0. The van der Waals surface area contributed by atoms with Gasteiger partial charge in [-0.25, -0.2) is 4.79 Å². The molecule has 2 fully saturated rings. The fourth-order valence-corrected chi connectivity index (χ4v) is 4.26. The Labute approximate surface area is 194 Å². The summed E-state index contributed by atoms with van der Waals surface area (Å²) in [5.41, 5.74) is 1.86. The number of alkyl halides is 3. The van der Waals surface area contributed by atoms with Gasteiger partial charge in [0.15, 0.2) is 0 Å². The molecule has 2 aliphatic rings.